The van der Waals surface area contributed by atoms with E-state index in [1.54, 1.807) is 0 Å². The van der Waals surface area contributed by atoms with Crippen LogP contribution < -0.4 is 5.73 Å². The molecule has 3 aromatic rings. The zero-order chi connectivity index (χ0) is 15.4. The maximum Gasteiger partial charge on any atom is 0.0594 e. The number of rotatable bonds is 4. The van der Waals surface area contributed by atoms with Crippen molar-refractivity contribution in [2.45, 2.75) is 17.1 Å². The van der Waals surface area contributed by atoms with Crippen molar-refractivity contribution >= 4 is 17.4 Å². The summed E-state index contributed by atoms with van der Waals surface area (Å²) < 4.78 is 0. The van der Waals surface area contributed by atoms with Crippen LogP contribution in [0.25, 0.3) is 0 Å². The van der Waals surface area contributed by atoms with Gasteiger partial charge in [0.15, 0.2) is 0 Å². The Morgan fingerprint density at radius 1 is 0.773 bits per heavy atom. The largest absolute Gasteiger partial charge is 0.398 e. The maximum absolute atomic E-state index is 6.17. The lowest BCUT2D eigenvalue weighted by Gasteiger charge is -2.19. The van der Waals surface area contributed by atoms with Crippen molar-refractivity contribution < 1.29 is 0 Å². The number of hydrogen-bond acceptors (Lipinski definition) is 2. The summed E-state index contributed by atoms with van der Waals surface area (Å²) in [6.45, 7) is 2.10. The van der Waals surface area contributed by atoms with Gasteiger partial charge in [-0.3, -0.25) is 0 Å². The Labute approximate surface area is 136 Å². The van der Waals surface area contributed by atoms with Crippen LogP contribution in [0.15, 0.2) is 83.8 Å². The topological polar surface area (TPSA) is 26.0 Å². The minimum Gasteiger partial charge on any atom is -0.398 e. The zero-order valence-electron chi connectivity index (χ0n) is 12.6. The van der Waals surface area contributed by atoms with Gasteiger partial charge in [0.25, 0.3) is 0 Å². The monoisotopic (exact) mass is 305 g/mol. The number of nitrogens with two attached hydrogens (primary N) is 1. The Kier molecular flexibility index (Phi) is 4.50. The van der Waals surface area contributed by atoms with Crippen molar-refractivity contribution in [3.8, 4) is 0 Å². The average Bonchev–Trinajstić information content (AvgIpc) is 2.57. The number of anilines is 1. The highest BCUT2D eigenvalue weighted by Gasteiger charge is 2.16. The Morgan fingerprint density at radius 3 is 1.86 bits per heavy atom. The molecule has 0 aromatic heterocycles. The summed E-state index contributed by atoms with van der Waals surface area (Å²) in [4.78, 5) is 1.14. The standard InChI is InChI=1S/C20H19NS/c1-15-12-13-18(21)19(14-15)22-20(16-8-4-2-5-9-16)17-10-6-3-7-11-17/h2-14,20H,21H2,1H3. The second-order valence-corrected chi connectivity index (χ2v) is 6.51. The van der Waals surface area contributed by atoms with E-state index in [1.165, 1.54) is 16.7 Å². The molecule has 0 unspecified atom stereocenters. The summed E-state index contributed by atoms with van der Waals surface area (Å²) in [6, 6.07) is 27.4. The molecule has 0 fully saturated rings. The van der Waals surface area contributed by atoms with Gasteiger partial charge in [0.2, 0.25) is 0 Å². The Balaban J connectivity index is 2.01. The first-order valence-electron chi connectivity index (χ1n) is 7.37. The van der Waals surface area contributed by atoms with Crippen LogP contribution in [0.1, 0.15) is 21.9 Å². The van der Waals surface area contributed by atoms with Gasteiger partial charge in [-0.2, -0.15) is 0 Å². The van der Waals surface area contributed by atoms with E-state index in [0.717, 1.165) is 10.6 Å². The Hall–Kier alpha value is -2.19. The van der Waals surface area contributed by atoms with Gasteiger partial charge >= 0.3 is 0 Å². The van der Waals surface area contributed by atoms with Crippen molar-refractivity contribution in [2.24, 2.45) is 0 Å². The van der Waals surface area contributed by atoms with Gasteiger partial charge in [-0.1, -0.05) is 66.7 Å². The second-order valence-electron chi connectivity index (χ2n) is 5.36. The lowest BCUT2D eigenvalue weighted by molar-refractivity contribution is 1.15. The van der Waals surface area contributed by atoms with Crippen molar-refractivity contribution in [2.75, 3.05) is 5.73 Å². The van der Waals surface area contributed by atoms with E-state index in [4.69, 9.17) is 5.73 Å². The zero-order valence-corrected chi connectivity index (χ0v) is 13.4. The molecule has 0 aliphatic carbocycles. The molecule has 110 valence electrons. The van der Waals surface area contributed by atoms with Gasteiger partial charge in [0, 0.05) is 10.6 Å². The van der Waals surface area contributed by atoms with Crippen LogP contribution in [0.4, 0.5) is 5.69 Å². The number of nitrogen functional groups attached to an aromatic ring is 1. The van der Waals surface area contributed by atoms with E-state index in [-0.39, 0.29) is 5.25 Å². The predicted molar refractivity (Wildman–Crippen MR) is 96.2 cm³/mol. The van der Waals surface area contributed by atoms with Crippen LogP contribution in [-0.4, -0.2) is 0 Å². The average molecular weight is 305 g/mol. The smallest absolute Gasteiger partial charge is 0.0594 e. The van der Waals surface area contributed by atoms with Crippen molar-refractivity contribution in [3.05, 3.63) is 95.6 Å². The number of aryl methyl sites for hydroxylation is 1. The van der Waals surface area contributed by atoms with Gasteiger partial charge in [0.05, 0.1) is 5.25 Å². The Morgan fingerprint density at radius 2 is 1.32 bits per heavy atom. The molecule has 0 bridgehead atoms. The first kappa shape index (κ1) is 14.7. The third-order valence-corrected chi connectivity index (χ3v) is 5.01. The van der Waals surface area contributed by atoms with E-state index in [9.17, 15) is 0 Å². The van der Waals surface area contributed by atoms with Gasteiger partial charge < -0.3 is 5.73 Å². The SMILES string of the molecule is Cc1ccc(N)c(SC(c2ccccc2)c2ccccc2)c1. The molecule has 1 nitrogen and oxygen atoms in total. The highest BCUT2D eigenvalue weighted by Crippen LogP contribution is 2.42. The molecular formula is C20H19NS. The second kappa shape index (κ2) is 6.71. The van der Waals surface area contributed by atoms with E-state index < -0.39 is 0 Å². The molecule has 0 heterocycles. The molecule has 0 saturated heterocycles. The Bertz CT molecular complexity index is 699. The van der Waals surface area contributed by atoms with E-state index in [0.29, 0.717) is 0 Å². The number of hydrogen-bond donors (Lipinski definition) is 1. The molecular weight excluding hydrogens is 286 g/mol. The molecule has 0 saturated carbocycles. The van der Waals surface area contributed by atoms with Gasteiger partial charge in [-0.15, -0.1) is 11.8 Å². The molecule has 2 N–H and O–H groups in total. The molecule has 0 aliphatic heterocycles. The fourth-order valence-electron chi connectivity index (χ4n) is 2.45. The lowest BCUT2D eigenvalue weighted by Crippen LogP contribution is -1.98. The van der Waals surface area contributed by atoms with E-state index in [2.05, 4.69) is 79.7 Å². The first-order valence-corrected chi connectivity index (χ1v) is 8.24. The molecule has 3 rings (SSSR count). The molecule has 0 spiro atoms. The summed E-state index contributed by atoms with van der Waals surface area (Å²) in [7, 11) is 0. The highest BCUT2D eigenvalue weighted by atomic mass is 32.2. The highest BCUT2D eigenvalue weighted by molar-refractivity contribution is 7.99. The number of thioether (sulfide) groups is 1. The maximum atomic E-state index is 6.17. The predicted octanol–water partition coefficient (Wildman–Crippen LogP) is 5.46. The van der Waals surface area contributed by atoms with E-state index >= 15 is 0 Å². The minimum atomic E-state index is 0.242. The van der Waals surface area contributed by atoms with Crippen molar-refractivity contribution in [1.29, 1.82) is 0 Å². The van der Waals surface area contributed by atoms with Crippen LogP contribution in [0.2, 0.25) is 0 Å². The molecule has 0 atom stereocenters. The minimum absolute atomic E-state index is 0.242. The van der Waals surface area contributed by atoms with Gasteiger partial charge in [-0.05, 0) is 35.7 Å². The van der Waals surface area contributed by atoms with Crippen LogP contribution in [-0.2, 0) is 0 Å². The molecule has 2 heteroatoms. The summed E-state index contributed by atoms with van der Waals surface area (Å²) in [5.41, 5.74) is 10.8. The fourth-order valence-corrected chi connectivity index (χ4v) is 3.75. The van der Waals surface area contributed by atoms with Crippen LogP contribution in [0, 0.1) is 6.92 Å². The van der Waals surface area contributed by atoms with Crippen molar-refractivity contribution in [1.82, 2.24) is 0 Å². The molecule has 3 aromatic carbocycles. The van der Waals surface area contributed by atoms with Crippen molar-refractivity contribution in [3.63, 3.8) is 0 Å². The number of benzene rings is 3. The molecule has 0 amide bonds. The van der Waals surface area contributed by atoms with Crippen LogP contribution in [0.5, 0.6) is 0 Å². The first-order chi connectivity index (χ1) is 10.7. The molecule has 22 heavy (non-hydrogen) atoms. The van der Waals surface area contributed by atoms with Crippen LogP contribution in [0.3, 0.4) is 0 Å². The normalized spacial score (nSPS) is 10.8. The quantitative estimate of drug-likeness (QED) is 0.511. The lowest BCUT2D eigenvalue weighted by atomic mass is 10.0. The molecule has 0 aliphatic rings. The summed E-state index contributed by atoms with van der Waals surface area (Å²) in [6.07, 6.45) is 0. The van der Waals surface area contributed by atoms with Gasteiger partial charge in [0.1, 0.15) is 0 Å². The summed E-state index contributed by atoms with van der Waals surface area (Å²) in [5, 5.41) is 0.242. The third kappa shape index (κ3) is 3.34. The van der Waals surface area contributed by atoms with Gasteiger partial charge in [-0.25, -0.2) is 0 Å². The summed E-state index contributed by atoms with van der Waals surface area (Å²) in [5.74, 6) is 0. The molecule has 0 radical (unpaired) electrons. The third-order valence-electron chi connectivity index (χ3n) is 3.62. The van der Waals surface area contributed by atoms with Crippen LogP contribution >= 0.6 is 11.8 Å². The summed E-state index contributed by atoms with van der Waals surface area (Å²) >= 11 is 1.81. The fraction of sp³-hybridized carbons (Fsp3) is 0.100. The van der Waals surface area contributed by atoms with E-state index in [1.807, 2.05) is 17.8 Å².